The molecule has 25 heavy (non-hydrogen) atoms. The molecule has 1 saturated heterocycles. The zero-order chi connectivity index (χ0) is 17.1. The molecule has 0 aliphatic carbocycles. The number of thioether (sulfide) groups is 1. The number of fused-ring (bicyclic) bond motifs is 1. The van der Waals surface area contributed by atoms with E-state index >= 15 is 0 Å². The molecular formula is C17H19N3O4S. The van der Waals surface area contributed by atoms with Crippen LogP contribution in [0.5, 0.6) is 11.5 Å². The maximum atomic E-state index is 12.2. The van der Waals surface area contributed by atoms with Crippen LogP contribution in [-0.2, 0) is 4.79 Å². The van der Waals surface area contributed by atoms with Gasteiger partial charge in [-0.3, -0.25) is 4.79 Å². The average Bonchev–Trinajstić information content (AvgIpc) is 3.15. The first-order valence-corrected chi connectivity index (χ1v) is 9.40. The molecule has 132 valence electrons. The summed E-state index contributed by atoms with van der Waals surface area (Å²) in [6, 6.07) is 7.47. The summed E-state index contributed by atoms with van der Waals surface area (Å²) in [5, 5.41) is 8.42. The summed E-state index contributed by atoms with van der Waals surface area (Å²) in [6.07, 6.45) is 2.94. The normalized spacial score (nSPS) is 19.7. The molecule has 0 radical (unpaired) electrons. The van der Waals surface area contributed by atoms with Gasteiger partial charge in [0.05, 0.1) is 5.75 Å². The highest BCUT2D eigenvalue weighted by Gasteiger charge is 2.27. The number of hydrogen-bond donors (Lipinski definition) is 0. The molecule has 2 aromatic rings. The number of carbonyl (C=O) groups excluding carboxylic acids is 1. The number of piperidine rings is 1. The molecule has 0 unspecified atom stereocenters. The van der Waals surface area contributed by atoms with Gasteiger partial charge in [-0.05, 0) is 31.4 Å². The average molecular weight is 361 g/mol. The van der Waals surface area contributed by atoms with E-state index in [0.717, 1.165) is 25.9 Å². The lowest BCUT2D eigenvalue weighted by Gasteiger charge is -2.26. The van der Waals surface area contributed by atoms with Crippen molar-refractivity contribution in [2.75, 3.05) is 25.4 Å². The molecule has 0 N–H and O–H groups in total. The lowest BCUT2D eigenvalue weighted by Crippen LogP contribution is -2.36. The van der Waals surface area contributed by atoms with Crippen LogP contribution in [0, 0.1) is 0 Å². The van der Waals surface area contributed by atoms with Crippen LogP contribution in [0.3, 0.4) is 0 Å². The van der Waals surface area contributed by atoms with Gasteiger partial charge in [0.25, 0.3) is 11.1 Å². The van der Waals surface area contributed by atoms with Gasteiger partial charge in [0.1, 0.15) is 6.61 Å². The van der Waals surface area contributed by atoms with Crippen molar-refractivity contribution in [3.63, 3.8) is 0 Å². The molecular weight excluding hydrogens is 342 g/mol. The van der Waals surface area contributed by atoms with E-state index in [9.17, 15) is 4.79 Å². The summed E-state index contributed by atoms with van der Waals surface area (Å²) in [7, 11) is 0. The number of ether oxygens (including phenoxy) is 2. The molecule has 0 saturated carbocycles. The predicted octanol–water partition coefficient (Wildman–Crippen LogP) is 2.69. The van der Waals surface area contributed by atoms with Gasteiger partial charge in [-0.25, -0.2) is 0 Å². The van der Waals surface area contributed by atoms with E-state index in [-0.39, 0.29) is 5.91 Å². The number of amides is 1. The second-order valence-corrected chi connectivity index (χ2v) is 6.93. The molecule has 1 fully saturated rings. The number of aromatic nitrogens is 2. The fourth-order valence-electron chi connectivity index (χ4n) is 2.91. The van der Waals surface area contributed by atoms with Gasteiger partial charge in [0.2, 0.25) is 12.0 Å². The minimum Gasteiger partial charge on any atom is -0.485 e. The van der Waals surface area contributed by atoms with Crippen molar-refractivity contribution in [1.29, 1.82) is 0 Å². The number of benzene rings is 1. The van der Waals surface area contributed by atoms with E-state index in [0.29, 0.717) is 35.0 Å². The van der Waals surface area contributed by atoms with E-state index in [1.165, 1.54) is 18.2 Å². The van der Waals surface area contributed by atoms with Gasteiger partial charge < -0.3 is 18.8 Å². The second-order valence-electron chi connectivity index (χ2n) is 6.00. The molecule has 7 nitrogen and oxygen atoms in total. The van der Waals surface area contributed by atoms with Crippen LogP contribution in [0.1, 0.15) is 31.3 Å². The minimum atomic E-state index is -0.436. The Hall–Kier alpha value is -2.22. The van der Waals surface area contributed by atoms with Crippen molar-refractivity contribution in [3.8, 4) is 11.5 Å². The topological polar surface area (TPSA) is 77.7 Å². The maximum Gasteiger partial charge on any atom is 0.277 e. The molecule has 0 bridgehead atoms. The first-order valence-electron chi connectivity index (χ1n) is 8.42. The van der Waals surface area contributed by atoms with Crippen LogP contribution in [0.4, 0.5) is 0 Å². The van der Waals surface area contributed by atoms with Crippen molar-refractivity contribution in [1.82, 2.24) is 15.1 Å². The molecule has 1 atom stereocenters. The van der Waals surface area contributed by atoms with Gasteiger partial charge in [-0.15, -0.1) is 10.2 Å². The third kappa shape index (κ3) is 3.73. The Labute approximate surface area is 149 Å². The molecule has 2 aliphatic rings. The Morgan fingerprint density at radius 2 is 1.96 bits per heavy atom. The minimum absolute atomic E-state index is 0.121. The fourth-order valence-corrected chi connectivity index (χ4v) is 3.58. The smallest absolute Gasteiger partial charge is 0.277 e. The summed E-state index contributed by atoms with van der Waals surface area (Å²) in [4.78, 5) is 14.1. The van der Waals surface area contributed by atoms with Crippen molar-refractivity contribution < 1.29 is 18.7 Å². The molecule has 8 heteroatoms. The van der Waals surface area contributed by atoms with Gasteiger partial charge >= 0.3 is 0 Å². The number of hydrogen-bond acceptors (Lipinski definition) is 7. The first-order chi connectivity index (χ1) is 12.3. The molecule has 1 aromatic heterocycles. The number of para-hydroxylation sites is 2. The van der Waals surface area contributed by atoms with Gasteiger partial charge in [0.15, 0.2) is 11.5 Å². The number of carbonyl (C=O) groups is 1. The van der Waals surface area contributed by atoms with Crippen LogP contribution in [0.25, 0.3) is 0 Å². The van der Waals surface area contributed by atoms with Crippen LogP contribution in [-0.4, -0.2) is 46.5 Å². The summed E-state index contributed by atoms with van der Waals surface area (Å²) in [5.41, 5.74) is 0. The van der Waals surface area contributed by atoms with Gasteiger partial charge in [0, 0.05) is 13.1 Å². The Morgan fingerprint density at radius 3 is 2.80 bits per heavy atom. The molecule has 0 spiro atoms. The quantitative estimate of drug-likeness (QED) is 0.775. The van der Waals surface area contributed by atoms with E-state index in [2.05, 4.69) is 10.2 Å². The van der Waals surface area contributed by atoms with E-state index in [1.807, 2.05) is 29.2 Å². The van der Waals surface area contributed by atoms with Gasteiger partial charge in [-0.2, -0.15) is 0 Å². The van der Waals surface area contributed by atoms with Crippen LogP contribution < -0.4 is 9.47 Å². The number of likely N-dealkylation sites (tertiary alicyclic amines) is 1. The summed E-state index contributed by atoms with van der Waals surface area (Å²) >= 11 is 1.26. The zero-order valence-electron chi connectivity index (χ0n) is 13.7. The number of rotatable bonds is 4. The Morgan fingerprint density at radius 1 is 1.16 bits per heavy atom. The Kier molecular flexibility index (Phi) is 4.78. The van der Waals surface area contributed by atoms with Crippen molar-refractivity contribution in [2.45, 2.75) is 30.6 Å². The molecule has 2 aliphatic heterocycles. The van der Waals surface area contributed by atoms with E-state index < -0.39 is 6.10 Å². The summed E-state index contributed by atoms with van der Waals surface area (Å²) in [6.45, 7) is 2.01. The Bertz CT molecular complexity index is 745. The highest BCUT2D eigenvalue weighted by molar-refractivity contribution is 7.99. The molecule has 1 aromatic carbocycles. The lowest BCUT2D eigenvalue weighted by molar-refractivity contribution is -0.129. The summed E-state index contributed by atoms with van der Waals surface area (Å²) < 4.78 is 17.1. The Balaban J connectivity index is 1.34. The maximum absolute atomic E-state index is 12.2. The number of nitrogens with zero attached hydrogens (tertiary/aromatic N) is 3. The van der Waals surface area contributed by atoms with E-state index in [4.69, 9.17) is 13.9 Å². The van der Waals surface area contributed by atoms with Crippen LogP contribution >= 0.6 is 11.8 Å². The third-order valence-electron chi connectivity index (χ3n) is 4.23. The van der Waals surface area contributed by atoms with Gasteiger partial charge in [-0.1, -0.05) is 23.9 Å². The standard InChI is InChI=1S/C17H19N3O4S/c21-15(20-8-4-1-5-9-20)11-25-17-19-18-16(24-17)14-10-22-12-6-2-3-7-13(12)23-14/h2-3,6-7,14H,1,4-5,8-11H2/t14-/m0/s1. The monoisotopic (exact) mass is 361 g/mol. The predicted molar refractivity (Wildman–Crippen MR) is 90.8 cm³/mol. The van der Waals surface area contributed by atoms with Crippen molar-refractivity contribution in [3.05, 3.63) is 30.2 Å². The molecule has 4 rings (SSSR count). The highest BCUT2D eigenvalue weighted by Crippen LogP contribution is 2.35. The van der Waals surface area contributed by atoms with Crippen molar-refractivity contribution in [2.24, 2.45) is 0 Å². The van der Waals surface area contributed by atoms with E-state index in [1.54, 1.807) is 0 Å². The van der Waals surface area contributed by atoms with Crippen LogP contribution in [0.2, 0.25) is 0 Å². The third-order valence-corrected chi connectivity index (χ3v) is 5.04. The highest BCUT2D eigenvalue weighted by atomic mass is 32.2. The fraction of sp³-hybridized carbons (Fsp3) is 0.471. The first kappa shape index (κ1) is 16.3. The largest absolute Gasteiger partial charge is 0.485 e. The SMILES string of the molecule is O=C(CSc1nnc([C@@H]2COc3ccccc3O2)o1)N1CCCCC1. The van der Waals surface area contributed by atoms with Crippen molar-refractivity contribution >= 4 is 17.7 Å². The molecule has 3 heterocycles. The lowest BCUT2D eigenvalue weighted by atomic mass is 10.1. The zero-order valence-corrected chi connectivity index (χ0v) is 14.5. The second kappa shape index (κ2) is 7.35. The summed E-state index contributed by atoms with van der Waals surface area (Å²) in [5.74, 6) is 2.16. The van der Waals surface area contributed by atoms with Crippen LogP contribution in [0.15, 0.2) is 33.9 Å². The molecule has 1 amide bonds.